The van der Waals surface area contributed by atoms with Crippen LogP contribution in [0.1, 0.15) is 18.2 Å². The maximum atomic E-state index is 10.5. The fourth-order valence-electron chi connectivity index (χ4n) is 2.70. The van der Waals surface area contributed by atoms with E-state index in [1.807, 2.05) is 12.1 Å². The Morgan fingerprint density at radius 2 is 2.11 bits per heavy atom. The van der Waals surface area contributed by atoms with E-state index in [1.54, 1.807) is 43.9 Å². The zero-order valence-corrected chi connectivity index (χ0v) is 14.6. The lowest BCUT2D eigenvalue weighted by molar-refractivity contribution is -0.803. The number of aliphatic hydroxyl groups is 1. The number of amidine groups is 2. The summed E-state index contributed by atoms with van der Waals surface area (Å²) in [6, 6.07) is 7.19. The van der Waals surface area contributed by atoms with Crippen LogP contribution in [-0.4, -0.2) is 38.3 Å². The van der Waals surface area contributed by atoms with Crippen LogP contribution in [0.3, 0.4) is 0 Å². The lowest BCUT2D eigenvalue weighted by Crippen LogP contribution is -2.50. The minimum Gasteiger partial charge on any atom is -0.461 e. The highest BCUT2D eigenvalue weighted by Gasteiger charge is 2.39. The standard InChI is InChI=1S/C19H17N6O2/c1-19(26,11-14-5-8-21-9-6-14)7-4-15-13-25(20)17(12-22-15)23-18(24-25)16-3-2-10-27-16/h2-3,5-6,8-10,12-13,26H,11,20H2,1H3/q+1. The van der Waals surface area contributed by atoms with Gasteiger partial charge >= 0.3 is 0 Å². The Hall–Kier alpha value is -3.38. The van der Waals surface area contributed by atoms with Crippen LogP contribution in [0.2, 0.25) is 0 Å². The third-order valence-electron chi connectivity index (χ3n) is 3.98. The molecule has 2 aromatic heterocycles. The fraction of sp³-hybridized carbons (Fsp3) is 0.158. The van der Waals surface area contributed by atoms with Crippen molar-refractivity contribution in [2.24, 2.45) is 20.9 Å². The van der Waals surface area contributed by atoms with Crippen LogP contribution in [0.5, 0.6) is 0 Å². The van der Waals surface area contributed by atoms with Crippen molar-refractivity contribution in [1.29, 1.82) is 0 Å². The number of fused-ring (bicyclic) bond motifs is 1. The molecule has 27 heavy (non-hydrogen) atoms. The van der Waals surface area contributed by atoms with Crippen LogP contribution < -0.4 is 5.84 Å². The van der Waals surface area contributed by atoms with Gasteiger partial charge in [0.05, 0.1) is 6.26 Å². The number of furan rings is 1. The van der Waals surface area contributed by atoms with Crippen LogP contribution >= 0.6 is 0 Å². The first kappa shape index (κ1) is 17.1. The summed E-state index contributed by atoms with van der Waals surface area (Å²) >= 11 is 0. The maximum Gasteiger partial charge on any atom is 0.300 e. The molecule has 0 bridgehead atoms. The Labute approximate surface area is 155 Å². The molecule has 2 aromatic rings. The summed E-state index contributed by atoms with van der Waals surface area (Å²) < 4.78 is 4.92. The molecule has 0 aliphatic carbocycles. The summed E-state index contributed by atoms with van der Waals surface area (Å²) in [7, 11) is 0. The SMILES string of the molecule is CC(O)(C#CC1=C[N+]2(N)N=C(c3ccco3)N=C2C=N1)Cc1ccncc1. The Bertz CT molecular complexity index is 1040. The molecule has 2 atom stereocenters. The topological polar surface area (TPSA) is 109 Å². The van der Waals surface area contributed by atoms with Gasteiger partial charge in [-0.15, -0.1) is 5.84 Å². The van der Waals surface area contributed by atoms with Crippen molar-refractivity contribution in [1.82, 2.24) is 4.98 Å². The molecule has 0 spiro atoms. The molecule has 4 rings (SSSR count). The molecule has 134 valence electrons. The third kappa shape index (κ3) is 3.61. The van der Waals surface area contributed by atoms with Crippen molar-refractivity contribution >= 4 is 17.9 Å². The number of allylic oxidation sites excluding steroid dienone is 1. The zero-order chi connectivity index (χ0) is 18.9. The average molecular weight is 361 g/mol. The van der Waals surface area contributed by atoms with Gasteiger partial charge < -0.3 is 9.52 Å². The molecule has 0 radical (unpaired) electrons. The van der Waals surface area contributed by atoms with Gasteiger partial charge in [-0.05, 0) is 52.5 Å². The van der Waals surface area contributed by atoms with E-state index in [4.69, 9.17) is 10.3 Å². The number of pyridine rings is 1. The number of nitrogens with two attached hydrogens (primary N) is 1. The molecule has 0 aromatic carbocycles. The minimum atomic E-state index is -1.22. The number of aromatic nitrogens is 1. The first-order chi connectivity index (χ1) is 12.9. The van der Waals surface area contributed by atoms with Crippen LogP contribution in [-0.2, 0) is 6.42 Å². The summed E-state index contributed by atoms with van der Waals surface area (Å²) in [5.74, 6) is 13.4. The Balaban J connectivity index is 1.56. The second-order valence-corrected chi connectivity index (χ2v) is 6.44. The Morgan fingerprint density at radius 3 is 2.85 bits per heavy atom. The van der Waals surface area contributed by atoms with Crippen molar-refractivity contribution in [3.63, 3.8) is 0 Å². The summed E-state index contributed by atoms with van der Waals surface area (Å²) in [6.45, 7) is 1.65. The van der Waals surface area contributed by atoms with Gasteiger partial charge in [-0.1, -0.05) is 5.92 Å². The van der Waals surface area contributed by atoms with E-state index in [-0.39, 0.29) is 0 Å². The minimum absolute atomic E-state index is 0.371. The molecule has 2 aliphatic rings. The molecule has 2 aliphatic heterocycles. The van der Waals surface area contributed by atoms with Gasteiger partial charge in [-0.3, -0.25) is 4.98 Å². The third-order valence-corrected chi connectivity index (χ3v) is 3.98. The van der Waals surface area contributed by atoms with Crippen LogP contribution in [0.25, 0.3) is 0 Å². The number of hydrogen-bond donors (Lipinski definition) is 2. The monoisotopic (exact) mass is 361 g/mol. The molecular weight excluding hydrogens is 344 g/mol. The molecule has 3 N–H and O–H groups in total. The molecule has 8 nitrogen and oxygen atoms in total. The number of hydrogen-bond acceptors (Lipinski definition) is 7. The second-order valence-electron chi connectivity index (χ2n) is 6.44. The highest BCUT2D eigenvalue weighted by Crippen LogP contribution is 2.21. The smallest absolute Gasteiger partial charge is 0.300 e. The largest absolute Gasteiger partial charge is 0.461 e. The van der Waals surface area contributed by atoms with Gasteiger partial charge in [-0.25, -0.2) is 4.99 Å². The van der Waals surface area contributed by atoms with Gasteiger partial charge in [0.2, 0.25) is 0 Å². The van der Waals surface area contributed by atoms with Crippen molar-refractivity contribution < 1.29 is 14.2 Å². The molecule has 8 heteroatoms. The lowest BCUT2D eigenvalue weighted by Gasteiger charge is -2.18. The average Bonchev–Trinajstić information content (AvgIpc) is 3.27. The van der Waals surface area contributed by atoms with Crippen molar-refractivity contribution in [3.8, 4) is 11.8 Å². The van der Waals surface area contributed by atoms with Crippen molar-refractivity contribution in [2.45, 2.75) is 18.9 Å². The fourth-order valence-corrected chi connectivity index (χ4v) is 2.70. The first-order valence-electron chi connectivity index (χ1n) is 8.26. The summed E-state index contributed by atoms with van der Waals surface area (Å²) in [5.41, 5.74) is 0.115. The van der Waals surface area contributed by atoms with Gasteiger partial charge in [0, 0.05) is 18.8 Å². The molecule has 0 fully saturated rings. The zero-order valence-electron chi connectivity index (χ0n) is 14.6. The number of quaternary nitrogens is 1. The molecule has 2 unspecified atom stereocenters. The van der Waals surface area contributed by atoms with E-state index in [0.29, 0.717) is 29.5 Å². The maximum absolute atomic E-state index is 10.5. The van der Waals surface area contributed by atoms with E-state index in [2.05, 4.69) is 31.9 Å². The first-order valence-corrected chi connectivity index (χ1v) is 8.26. The number of aliphatic imine (C=N–C) groups is 2. The quantitative estimate of drug-likeness (QED) is 0.489. The summed E-state index contributed by atoms with van der Waals surface area (Å²) in [5, 5.41) is 14.9. The highest BCUT2D eigenvalue weighted by atomic mass is 16.3. The number of rotatable bonds is 3. The molecule has 0 saturated carbocycles. The predicted octanol–water partition coefficient (Wildman–Crippen LogP) is 1.36. The van der Waals surface area contributed by atoms with E-state index in [9.17, 15) is 5.11 Å². The summed E-state index contributed by atoms with van der Waals surface area (Å²) in [6.07, 6.45) is 8.36. The van der Waals surface area contributed by atoms with E-state index in [0.717, 1.165) is 5.56 Å². The molecule has 0 saturated heterocycles. The highest BCUT2D eigenvalue weighted by molar-refractivity contribution is 6.31. The predicted molar refractivity (Wildman–Crippen MR) is 100 cm³/mol. The van der Waals surface area contributed by atoms with Crippen LogP contribution in [0.4, 0.5) is 0 Å². The Kier molecular flexibility index (Phi) is 4.05. The van der Waals surface area contributed by atoms with Gasteiger partial charge in [0.1, 0.15) is 11.8 Å². The Morgan fingerprint density at radius 1 is 1.30 bits per heavy atom. The molecule has 4 heterocycles. The van der Waals surface area contributed by atoms with E-state index < -0.39 is 10.3 Å². The van der Waals surface area contributed by atoms with Crippen molar-refractivity contribution in [3.05, 3.63) is 66.1 Å². The normalized spacial score (nSPS) is 22.7. The van der Waals surface area contributed by atoms with Crippen LogP contribution in [0, 0.1) is 11.8 Å². The van der Waals surface area contributed by atoms with Gasteiger partial charge in [-0.2, -0.15) is 4.99 Å². The van der Waals surface area contributed by atoms with E-state index >= 15 is 0 Å². The van der Waals surface area contributed by atoms with E-state index in [1.165, 1.54) is 6.21 Å². The summed E-state index contributed by atoms with van der Waals surface area (Å²) in [4.78, 5) is 12.6. The number of nitrogens with zero attached hydrogens (tertiary/aromatic N) is 5. The molecular formula is C19H17N6O2+. The molecule has 0 amide bonds. The second kappa shape index (κ2) is 6.41. The van der Waals surface area contributed by atoms with Gasteiger partial charge in [0.15, 0.2) is 17.7 Å². The van der Waals surface area contributed by atoms with Crippen LogP contribution in [0.15, 0.2) is 74.3 Å². The van der Waals surface area contributed by atoms with Gasteiger partial charge in [0.25, 0.3) is 11.7 Å². The lowest BCUT2D eigenvalue weighted by atomic mass is 9.98. The van der Waals surface area contributed by atoms with Crippen molar-refractivity contribution in [2.75, 3.05) is 0 Å².